The van der Waals surface area contributed by atoms with Crippen molar-refractivity contribution in [1.82, 2.24) is 0 Å². The number of rotatable bonds is 3. The molecular formula is C16H18O6. The first kappa shape index (κ1) is 15.9. The monoisotopic (exact) mass is 306 g/mol. The van der Waals surface area contributed by atoms with E-state index in [4.69, 9.17) is 18.6 Å². The molecule has 0 spiro atoms. The van der Waals surface area contributed by atoms with Gasteiger partial charge in [0.05, 0.1) is 12.5 Å². The SMILES string of the molecule is COc1c(OC(C)=O)c(=O)oc2cc(OC(C)(C)C)ccc12. The van der Waals surface area contributed by atoms with Crippen LogP contribution in [-0.4, -0.2) is 18.7 Å². The van der Waals surface area contributed by atoms with Crippen molar-refractivity contribution < 1.29 is 23.4 Å². The Morgan fingerprint density at radius 3 is 2.41 bits per heavy atom. The topological polar surface area (TPSA) is 75.0 Å². The van der Waals surface area contributed by atoms with E-state index in [1.165, 1.54) is 14.0 Å². The van der Waals surface area contributed by atoms with Crippen LogP contribution >= 0.6 is 0 Å². The van der Waals surface area contributed by atoms with Gasteiger partial charge in [0, 0.05) is 13.0 Å². The molecule has 0 saturated heterocycles. The first-order valence-corrected chi connectivity index (χ1v) is 6.73. The molecule has 0 radical (unpaired) electrons. The Balaban J connectivity index is 2.61. The van der Waals surface area contributed by atoms with Gasteiger partial charge in [-0.05, 0) is 32.9 Å². The number of methoxy groups -OCH3 is 1. The lowest BCUT2D eigenvalue weighted by Gasteiger charge is -2.21. The molecule has 0 aliphatic heterocycles. The largest absolute Gasteiger partial charge is 0.492 e. The van der Waals surface area contributed by atoms with E-state index in [0.29, 0.717) is 16.7 Å². The highest BCUT2D eigenvalue weighted by atomic mass is 16.6. The molecule has 0 saturated carbocycles. The molecule has 0 fully saturated rings. The lowest BCUT2D eigenvalue weighted by atomic mass is 10.1. The maximum Gasteiger partial charge on any atom is 0.383 e. The number of carbonyl (C=O) groups is 1. The Kier molecular flexibility index (Phi) is 4.12. The zero-order valence-corrected chi connectivity index (χ0v) is 13.2. The highest BCUT2D eigenvalue weighted by Crippen LogP contribution is 2.34. The summed E-state index contributed by atoms with van der Waals surface area (Å²) in [6.07, 6.45) is 0. The molecule has 0 atom stereocenters. The van der Waals surface area contributed by atoms with Crippen LogP contribution in [0.2, 0.25) is 0 Å². The molecule has 1 aromatic carbocycles. The molecular weight excluding hydrogens is 288 g/mol. The fraction of sp³-hybridized carbons (Fsp3) is 0.375. The molecule has 0 bridgehead atoms. The molecule has 2 aromatic rings. The Morgan fingerprint density at radius 1 is 1.18 bits per heavy atom. The number of hydrogen-bond donors (Lipinski definition) is 0. The molecule has 2 rings (SSSR count). The minimum Gasteiger partial charge on any atom is -0.492 e. The molecule has 0 unspecified atom stereocenters. The maximum absolute atomic E-state index is 12.0. The molecule has 0 aliphatic rings. The van der Waals surface area contributed by atoms with Gasteiger partial charge in [-0.15, -0.1) is 0 Å². The van der Waals surface area contributed by atoms with Gasteiger partial charge in [-0.1, -0.05) is 0 Å². The minimum atomic E-state index is -0.785. The first-order chi connectivity index (χ1) is 10.2. The number of hydrogen-bond acceptors (Lipinski definition) is 6. The predicted molar refractivity (Wildman–Crippen MR) is 80.7 cm³/mol. The van der Waals surface area contributed by atoms with E-state index < -0.39 is 11.6 Å². The molecule has 0 amide bonds. The fourth-order valence-corrected chi connectivity index (χ4v) is 1.99. The van der Waals surface area contributed by atoms with Crippen LogP contribution in [0.4, 0.5) is 0 Å². The summed E-state index contributed by atoms with van der Waals surface area (Å²) in [5.41, 5.74) is -0.873. The zero-order valence-electron chi connectivity index (χ0n) is 13.2. The number of fused-ring (bicyclic) bond motifs is 1. The van der Waals surface area contributed by atoms with Crippen molar-refractivity contribution in [2.24, 2.45) is 0 Å². The number of ether oxygens (including phenoxy) is 3. The van der Waals surface area contributed by atoms with Gasteiger partial charge in [0.15, 0.2) is 5.75 Å². The maximum atomic E-state index is 12.0. The smallest absolute Gasteiger partial charge is 0.383 e. The van der Waals surface area contributed by atoms with Crippen LogP contribution < -0.4 is 19.8 Å². The fourth-order valence-electron chi connectivity index (χ4n) is 1.99. The lowest BCUT2D eigenvalue weighted by molar-refractivity contribution is -0.132. The summed E-state index contributed by atoms with van der Waals surface area (Å²) in [5, 5.41) is 0.514. The third-order valence-corrected chi connectivity index (χ3v) is 2.67. The highest BCUT2D eigenvalue weighted by molar-refractivity contribution is 5.87. The van der Waals surface area contributed by atoms with E-state index in [-0.39, 0.29) is 17.1 Å². The lowest BCUT2D eigenvalue weighted by Crippen LogP contribution is -2.22. The molecule has 118 valence electrons. The molecule has 0 aliphatic carbocycles. The van der Waals surface area contributed by atoms with Crippen LogP contribution in [-0.2, 0) is 4.79 Å². The Labute approximate surface area is 127 Å². The van der Waals surface area contributed by atoms with Gasteiger partial charge >= 0.3 is 11.6 Å². The summed E-state index contributed by atoms with van der Waals surface area (Å²) >= 11 is 0. The van der Waals surface area contributed by atoms with Crippen molar-refractivity contribution in [3.63, 3.8) is 0 Å². The predicted octanol–water partition coefficient (Wildman–Crippen LogP) is 2.90. The molecule has 0 N–H and O–H groups in total. The van der Waals surface area contributed by atoms with Crippen molar-refractivity contribution in [2.45, 2.75) is 33.3 Å². The van der Waals surface area contributed by atoms with E-state index in [9.17, 15) is 9.59 Å². The second kappa shape index (κ2) is 5.71. The molecule has 1 heterocycles. The van der Waals surface area contributed by atoms with Crippen molar-refractivity contribution in [3.05, 3.63) is 28.6 Å². The summed E-state index contributed by atoms with van der Waals surface area (Å²) in [5.74, 6) is -0.168. The second-order valence-electron chi connectivity index (χ2n) is 5.72. The summed E-state index contributed by atoms with van der Waals surface area (Å²) in [4.78, 5) is 23.1. The summed E-state index contributed by atoms with van der Waals surface area (Å²) in [7, 11) is 1.39. The van der Waals surface area contributed by atoms with Crippen molar-refractivity contribution in [2.75, 3.05) is 7.11 Å². The minimum absolute atomic E-state index is 0.156. The van der Waals surface area contributed by atoms with Crippen LogP contribution in [0.25, 0.3) is 11.0 Å². The van der Waals surface area contributed by atoms with E-state index in [0.717, 1.165) is 0 Å². The van der Waals surface area contributed by atoms with Crippen LogP contribution in [0.5, 0.6) is 17.2 Å². The molecule has 6 heteroatoms. The summed E-state index contributed by atoms with van der Waals surface area (Å²) in [6.45, 7) is 6.94. The second-order valence-corrected chi connectivity index (χ2v) is 5.72. The van der Waals surface area contributed by atoms with E-state index >= 15 is 0 Å². The Morgan fingerprint density at radius 2 is 1.86 bits per heavy atom. The molecule has 1 aromatic heterocycles. The van der Waals surface area contributed by atoms with Gasteiger partial charge in [0.2, 0.25) is 0 Å². The van der Waals surface area contributed by atoms with Crippen LogP contribution in [0.15, 0.2) is 27.4 Å². The average Bonchev–Trinajstić information content (AvgIpc) is 2.37. The van der Waals surface area contributed by atoms with Gasteiger partial charge in [-0.25, -0.2) is 4.79 Å². The standard InChI is InChI=1S/C16H18O6/c1-9(17)20-14-13(19-5)11-7-6-10(22-16(2,3)4)8-12(11)21-15(14)18/h6-8H,1-5H3. The highest BCUT2D eigenvalue weighted by Gasteiger charge is 2.20. The van der Waals surface area contributed by atoms with Gasteiger partial charge in [-0.2, -0.15) is 0 Å². The van der Waals surface area contributed by atoms with Gasteiger partial charge in [-0.3, -0.25) is 4.79 Å². The van der Waals surface area contributed by atoms with Crippen molar-refractivity contribution in [3.8, 4) is 17.2 Å². The van der Waals surface area contributed by atoms with Crippen LogP contribution in [0, 0.1) is 0 Å². The quantitative estimate of drug-likeness (QED) is 0.641. The zero-order chi connectivity index (χ0) is 16.5. The Hall–Kier alpha value is -2.50. The third kappa shape index (κ3) is 3.39. The van der Waals surface area contributed by atoms with Gasteiger partial charge in [0.1, 0.15) is 16.9 Å². The van der Waals surface area contributed by atoms with Crippen LogP contribution in [0.3, 0.4) is 0 Å². The van der Waals surface area contributed by atoms with E-state index in [1.54, 1.807) is 18.2 Å². The van der Waals surface area contributed by atoms with Crippen molar-refractivity contribution >= 4 is 16.9 Å². The summed E-state index contributed by atoms with van der Waals surface area (Å²) in [6, 6.07) is 5.01. The molecule has 22 heavy (non-hydrogen) atoms. The van der Waals surface area contributed by atoms with E-state index in [2.05, 4.69) is 0 Å². The normalized spacial score (nSPS) is 11.3. The first-order valence-electron chi connectivity index (χ1n) is 6.73. The summed E-state index contributed by atoms with van der Waals surface area (Å²) < 4.78 is 21.0. The van der Waals surface area contributed by atoms with E-state index in [1.807, 2.05) is 20.8 Å². The van der Waals surface area contributed by atoms with Gasteiger partial charge < -0.3 is 18.6 Å². The van der Waals surface area contributed by atoms with Gasteiger partial charge in [0.25, 0.3) is 5.75 Å². The number of esters is 1. The van der Waals surface area contributed by atoms with Crippen LogP contribution in [0.1, 0.15) is 27.7 Å². The number of carbonyl (C=O) groups excluding carboxylic acids is 1. The number of benzene rings is 1. The third-order valence-electron chi connectivity index (χ3n) is 2.67. The molecule has 6 nitrogen and oxygen atoms in total. The average molecular weight is 306 g/mol. The Bertz CT molecular complexity index is 767. The van der Waals surface area contributed by atoms with Crippen molar-refractivity contribution in [1.29, 1.82) is 0 Å².